The Kier molecular flexibility index (Phi) is 7.73. The molecular weight excluding hydrogens is 486 g/mol. The molecule has 4 rings (SSSR count). The summed E-state index contributed by atoms with van der Waals surface area (Å²) in [6, 6.07) is 15.5. The van der Waals surface area contributed by atoms with Gasteiger partial charge in [0.1, 0.15) is 17.4 Å². The van der Waals surface area contributed by atoms with Crippen molar-refractivity contribution in [1.82, 2.24) is 15.0 Å². The molecule has 0 saturated heterocycles. The number of halogens is 2. The monoisotopic (exact) mass is 506 g/mol. The lowest BCUT2D eigenvalue weighted by Gasteiger charge is -2.10. The molecule has 0 aliphatic rings. The fourth-order valence-corrected chi connectivity index (χ4v) is 3.07. The van der Waals surface area contributed by atoms with Crippen LogP contribution < -0.4 is 16.1 Å². The third-order valence-corrected chi connectivity index (χ3v) is 4.96. The molecule has 1 aromatic heterocycles. The molecule has 4 aromatic rings. The van der Waals surface area contributed by atoms with E-state index >= 15 is 0 Å². The van der Waals surface area contributed by atoms with Crippen LogP contribution in [-0.2, 0) is 13.1 Å². The molecule has 4 N–H and O–H groups in total. The maximum Gasteiger partial charge on any atom is 0.273 e. The molecule has 0 radical (unpaired) electrons. The van der Waals surface area contributed by atoms with E-state index in [-0.39, 0.29) is 46.5 Å². The molecule has 0 amide bonds. The zero-order valence-electron chi connectivity index (χ0n) is 19.1. The van der Waals surface area contributed by atoms with E-state index in [1.807, 2.05) is 0 Å². The maximum absolute atomic E-state index is 13.2. The number of phenols is 1. The Hall–Kier alpha value is -5.20. The van der Waals surface area contributed by atoms with Crippen molar-refractivity contribution in [1.29, 1.82) is 0 Å². The van der Waals surface area contributed by atoms with Crippen LogP contribution in [0.3, 0.4) is 0 Å². The highest BCUT2D eigenvalue weighted by Crippen LogP contribution is 2.22. The van der Waals surface area contributed by atoms with Crippen molar-refractivity contribution in [3.05, 3.63) is 105 Å². The number of benzene rings is 3. The molecular formula is C24H20F2N8O3. The van der Waals surface area contributed by atoms with Crippen LogP contribution in [0.5, 0.6) is 5.75 Å². The summed E-state index contributed by atoms with van der Waals surface area (Å²) in [5.41, 5.74) is 4.20. The van der Waals surface area contributed by atoms with E-state index in [1.54, 1.807) is 24.3 Å². The van der Waals surface area contributed by atoms with Crippen molar-refractivity contribution in [3.63, 3.8) is 0 Å². The molecule has 188 valence electrons. The molecule has 37 heavy (non-hydrogen) atoms. The lowest BCUT2D eigenvalue weighted by atomic mass is 10.2. The second kappa shape index (κ2) is 11.5. The third kappa shape index (κ3) is 7.14. The summed E-state index contributed by atoms with van der Waals surface area (Å²) in [6.07, 6.45) is 1.25. The van der Waals surface area contributed by atoms with Gasteiger partial charge in [0, 0.05) is 24.7 Å². The molecule has 0 saturated carbocycles. The van der Waals surface area contributed by atoms with Crippen molar-refractivity contribution < 1.29 is 18.8 Å². The van der Waals surface area contributed by atoms with E-state index in [0.29, 0.717) is 13.1 Å². The van der Waals surface area contributed by atoms with Gasteiger partial charge in [0.2, 0.25) is 17.8 Å². The van der Waals surface area contributed by atoms with Gasteiger partial charge in [-0.3, -0.25) is 10.1 Å². The van der Waals surface area contributed by atoms with Crippen molar-refractivity contribution >= 4 is 29.7 Å². The largest absolute Gasteiger partial charge is 0.507 e. The van der Waals surface area contributed by atoms with E-state index in [1.165, 1.54) is 42.6 Å². The molecule has 0 atom stereocenters. The van der Waals surface area contributed by atoms with E-state index < -0.39 is 4.92 Å². The second-order valence-electron chi connectivity index (χ2n) is 7.64. The summed E-state index contributed by atoms with van der Waals surface area (Å²) in [6.45, 7) is 0.613. The zero-order valence-corrected chi connectivity index (χ0v) is 19.1. The summed E-state index contributed by atoms with van der Waals surface area (Å²) in [5, 5.41) is 30.9. The predicted molar refractivity (Wildman–Crippen MR) is 133 cm³/mol. The topological polar surface area (TPSA) is 150 Å². The highest BCUT2D eigenvalue weighted by Gasteiger charge is 2.10. The second-order valence-corrected chi connectivity index (χ2v) is 7.64. The highest BCUT2D eigenvalue weighted by atomic mass is 19.1. The number of phenolic OH excluding ortho intramolecular Hbond substituents is 1. The quantitative estimate of drug-likeness (QED) is 0.139. The van der Waals surface area contributed by atoms with Gasteiger partial charge >= 0.3 is 0 Å². The van der Waals surface area contributed by atoms with Gasteiger partial charge in [-0.25, -0.2) is 14.2 Å². The molecule has 11 nitrogen and oxygen atoms in total. The summed E-state index contributed by atoms with van der Waals surface area (Å²) in [7, 11) is 0. The van der Waals surface area contributed by atoms with Crippen LogP contribution in [0.15, 0.2) is 71.8 Å². The van der Waals surface area contributed by atoms with Gasteiger partial charge in [0.05, 0.1) is 17.2 Å². The lowest BCUT2D eigenvalue weighted by Crippen LogP contribution is -2.11. The maximum atomic E-state index is 13.2. The number of hydrogen-bond donors (Lipinski definition) is 4. The molecule has 0 spiro atoms. The SMILES string of the molecule is O=[N+]([O-])c1ccc(/C=N/Nc2nc(NCc3ccc(F)cc3)nc(NCc3ccc(F)cc3)n2)c(O)c1. The lowest BCUT2D eigenvalue weighted by molar-refractivity contribution is -0.384. The van der Waals surface area contributed by atoms with E-state index in [0.717, 1.165) is 17.2 Å². The smallest absolute Gasteiger partial charge is 0.273 e. The molecule has 0 unspecified atom stereocenters. The first-order valence-electron chi connectivity index (χ1n) is 10.8. The van der Waals surface area contributed by atoms with Crippen LogP contribution in [0, 0.1) is 21.7 Å². The summed E-state index contributed by atoms with van der Waals surface area (Å²) >= 11 is 0. The first-order valence-corrected chi connectivity index (χ1v) is 10.8. The fourth-order valence-electron chi connectivity index (χ4n) is 3.07. The molecule has 0 aliphatic carbocycles. The Morgan fingerprint density at radius 2 is 1.35 bits per heavy atom. The van der Waals surface area contributed by atoms with Gasteiger partial charge in [-0.15, -0.1) is 0 Å². The molecule has 0 fully saturated rings. The number of hydrazone groups is 1. The van der Waals surface area contributed by atoms with E-state index in [2.05, 4.69) is 36.1 Å². The zero-order chi connectivity index (χ0) is 26.2. The molecule has 0 bridgehead atoms. The fraction of sp³-hybridized carbons (Fsp3) is 0.0833. The molecule has 0 aliphatic heterocycles. The van der Waals surface area contributed by atoms with Crippen molar-refractivity contribution in [2.24, 2.45) is 5.10 Å². The van der Waals surface area contributed by atoms with Gasteiger partial charge in [0.25, 0.3) is 5.69 Å². The average Bonchev–Trinajstić information content (AvgIpc) is 2.89. The van der Waals surface area contributed by atoms with Gasteiger partial charge in [-0.1, -0.05) is 24.3 Å². The Labute approximate surface area is 209 Å². The number of aromatic nitrogens is 3. The Balaban J connectivity index is 1.50. The van der Waals surface area contributed by atoms with Crippen molar-refractivity contribution in [2.45, 2.75) is 13.1 Å². The van der Waals surface area contributed by atoms with Crippen LogP contribution in [0.4, 0.5) is 32.3 Å². The first-order chi connectivity index (χ1) is 17.9. The minimum absolute atomic E-state index is 0.0517. The number of non-ortho nitro benzene ring substituents is 1. The summed E-state index contributed by atoms with van der Waals surface area (Å²) in [5.74, 6) is -0.581. The number of nitro benzene ring substituents is 1. The van der Waals surface area contributed by atoms with Gasteiger partial charge in [0.15, 0.2) is 0 Å². The van der Waals surface area contributed by atoms with Crippen LogP contribution >= 0.6 is 0 Å². The number of hydrogen-bond acceptors (Lipinski definition) is 10. The number of nitrogens with zero attached hydrogens (tertiary/aromatic N) is 5. The number of nitrogens with one attached hydrogen (secondary N) is 3. The van der Waals surface area contributed by atoms with E-state index in [9.17, 15) is 24.0 Å². The average molecular weight is 506 g/mol. The number of rotatable bonds is 10. The number of aromatic hydroxyl groups is 1. The van der Waals surface area contributed by atoms with Crippen LogP contribution in [0.2, 0.25) is 0 Å². The van der Waals surface area contributed by atoms with Crippen LogP contribution in [0.1, 0.15) is 16.7 Å². The standard InChI is InChI=1S/C24H20F2N8O3/c25-18-6-1-15(2-7-18)12-27-22-30-23(28-13-16-3-8-19(26)9-4-16)32-24(31-22)33-29-14-17-5-10-20(34(36)37)11-21(17)35/h1-11,14,35H,12-13H2,(H3,27,28,30,31,32,33)/b29-14+. The van der Waals surface area contributed by atoms with Gasteiger partial charge < -0.3 is 15.7 Å². The third-order valence-electron chi connectivity index (χ3n) is 4.96. The first kappa shape index (κ1) is 24.9. The van der Waals surface area contributed by atoms with Crippen LogP contribution in [-0.4, -0.2) is 31.2 Å². The van der Waals surface area contributed by atoms with Gasteiger partial charge in [-0.2, -0.15) is 20.1 Å². The van der Waals surface area contributed by atoms with Crippen molar-refractivity contribution in [2.75, 3.05) is 16.1 Å². The normalized spacial score (nSPS) is 10.9. The molecule has 3 aromatic carbocycles. The predicted octanol–water partition coefficient (Wildman–Crippen LogP) is 4.43. The highest BCUT2D eigenvalue weighted by molar-refractivity contribution is 5.84. The van der Waals surface area contributed by atoms with E-state index in [4.69, 9.17) is 0 Å². The Morgan fingerprint density at radius 1 is 0.838 bits per heavy atom. The minimum Gasteiger partial charge on any atom is -0.507 e. The van der Waals surface area contributed by atoms with Gasteiger partial charge in [-0.05, 0) is 41.5 Å². The molecule has 13 heteroatoms. The molecule has 1 heterocycles. The summed E-state index contributed by atoms with van der Waals surface area (Å²) in [4.78, 5) is 23.0. The number of nitro groups is 1. The Morgan fingerprint density at radius 3 is 1.84 bits per heavy atom. The van der Waals surface area contributed by atoms with Crippen molar-refractivity contribution in [3.8, 4) is 5.75 Å². The summed E-state index contributed by atoms with van der Waals surface area (Å²) < 4.78 is 26.3. The Bertz CT molecular complexity index is 1350. The number of anilines is 3. The minimum atomic E-state index is -0.620. The van der Waals surface area contributed by atoms with Crippen LogP contribution in [0.25, 0.3) is 0 Å².